The van der Waals surface area contributed by atoms with Gasteiger partial charge in [0.2, 0.25) is 5.91 Å². The Morgan fingerprint density at radius 2 is 2.06 bits per heavy atom. The van der Waals surface area contributed by atoms with Gasteiger partial charge in [-0.3, -0.25) is 14.2 Å². The van der Waals surface area contributed by atoms with Crippen LogP contribution >= 0.6 is 35.1 Å². The van der Waals surface area contributed by atoms with Gasteiger partial charge in [0.15, 0.2) is 5.16 Å². The first-order valence-corrected chi connectivity index (χ1v) is 12.3. The lowest BCUT2D eigenvalue weighted by molar-refractivity contribution is -0.116. The van der Waals surface area contributed by atoms with E-state index in [0.29, 0.717) is 33.4 Å². The van der Waals surface area contributed by atoms with Crippen LogP contribution in [0.3, 0.4) is 0 Å². The predicted octanol–water partition coefficient (Wildman–Crippen LogP) is 4.92. The molecule has 0 saturated carbocycles. The number of amides is 1. The summed E-state index contributed by atoms with van der Waals surface area (Å²) in [5, 5.41) is 1.43. The summed E-state index contributed by atoms with van der Waals surface area (Å²) in [5.41, 5.74) is 1.24. The lowest BCUT2D eigenvalue weighted by Crippen LogP contribution is -2.36. The summed E-state index contributed by atoms with van der Waals surface area (Å²) in [6, 6.07) is 16.5. The third kappa shape index (κ3) is 4.18. The number of thioether (sulfide) groups is 2. The molecule has 32 heavy (non-hydrogen) atoms. The molecule has 1 amide bonds. The van der Waals surface area contributed by atoms with Gasteiger partial charge < -0.3 is 9.32 Å². The van der Waals surface area contributed by atoms with Crippen molar-refractivity contribution in [2.24, 2.45) is 0 Å². The van der Waals surface area contributed by atoms with Gasteiger partial charge in [-0.15, -0.1) is 11.8 Å². The fourth-order valence-corrected chi connectivity index (χ4v) is 5.65. The van der Waals surface area contributed by atoms with Crippen LogP contribution < -0.4 is 10.5 Å². The molecule has 6 nitrogen and oxygen atoms in total. The minimum Gasteiger partial charge on any atom is -0.467 e. The van der Waals surface area contributed by atoms with E-state index in [-0.39, 0.29) is 23.8 Å². The van der Waals surface area contributed by atoms with Crippen LogP contribution in [0.4, 0.5) is 5.69 Å². The number of halogens is 1. The standard InChI is InChI=1S/C23H18ClN3O3S2/c24-15-7-8-17-18(12-15)25-23(27(22(17)29)13-16-4-3-10-30-16)32-14-21(28)26-9-11-31-20-6-2-1-5-19(20)26/h1-8,10,12H,9,11,13-14H2. The number of hydrogen-bond acceptors (Lipinski definition) is 6. The minimum atomic E-state index is -0.197. The number of furan rings is 1. The molecule has 5 rings (SSSR count). The van der Waals surface area contributed by atoms with Crippen LogP contribution in [0.15, 0.2) is 80.1 Å². The molecule has 0 radical (unpaired) electrons. The number of nitrogens with zero attached hydrogens (tertiary/aromatic N) is 3. The van der Waals surface area contributed by atoms with E-state index < -0.39 is 0 Å². The van der Waals surface area contributed by atoms with Crippen LogP contribution in [0, 0.1) is 0 Å². The van der Waals surface area contributed by atoms with Gasteiger partial charge in [-0.25, -0.2) is 4.98 Å². The molecule has 9 heteroatoms. The molecule has 0 bridgehead atoms. The van der Waals surface area contributed by atoms with E-state index in [9.17, 15) is 9.59 Å². The highest BCUT2D eigenvalue weighted by molar-refractivity contribution is 8.00. The van der Waals surface area contributed by atoms with Crippen molar-refractivity contribution in [3.63, 3.8) is 0 Å². The molecule has 0 N–H and O–H groups in total. The van der Waals surface area contributed by atoms with Crippen LogP contribution in [0.25, 0.3) is 10.9 Å². The van der Waals surface area contributed by atoms with Gasteiger partial charge in [-0.1, -0.05) is 35.5 Å². The highest BCUT2D eigenvalue weighted by atomic mass is 35.5. The quantitative estimate of drug-likeness (QED) is 0.296. The van der Waals surface area contributed by atoms with Crippen molar-refractivity contribution in [3.05, 3.63) is 82.0 Å². The van der Waals surface area contributed by atoms with Gasteiger partial charge >= 0.3 is 0 Å². The monoisotopic (exact) mass is 483 g/mol. The van der Waals surface area contributed by atoms with Crippen molar-refractivity contribution in [1.82, 2.24) is 9.55 Å². The van der Waals surface area contributed by atoms with Crippen molar-refractivity contribution < 1.29 is 9.21 Å². The Kier molecular flexibility index (Phi) is 5.99. The summed E-state index contributed by atoms with van der Waals surface area (Å²) in [4.78, 5) is 33.9. The van der Waals surface area contributed by atoms with Gasteiger partial charge in [-0.05, 0) is 42.5 Å². The topological polar surface area (TPSA) is 68.3 Å². The molecule has 0 aliphatic carbocycles. The second-order valence-electron chi connectivity index (χ2n) is 7.18. The van der Waals surface area contributed by atoms with E-state index in [1.54, 1.807) is 52.9 Å². The molecule has 162 valence electrons. The van der Waals surface area contributed by atoms with Crippen molar-refractivity contribution in [2.45, 2.75) is 16.6 Å². The van der Waals surface area contributed by atoms with Gasteiger partial charge in [-0.2, -0.15) is 0 Å². The third-order valence-electron chi connectivity index (χ3n) is 5.13. The zero-order chi connectivity index (χ0) is 22.1. The summed E-state index contributed by atoms with van der Waals surface area (Å²) in [6.45, 7) is 0.887. The second-order valence-corrected chi connectivity index (χ2v) is 9.69. The summed E-state index contributed by atoms with van der Waals surface area (Å²) >= 11 is 9.12. The SMILES string of the molecule is O=C(CSc1nc2cc(Cl)ccc2c(=O)n1Cc1ccco1)N1CCSc2ccccc21. The Morgan fingerprint density at radius 1 is 1.19 bits per heavy atom. The Labute approximate surface area is 197 Å². The van der Waals surface area contributed by atoms with E-state index in [4.69, 9.17) is 16.0 Å². The number of para-hydroxylation sites is 1. The maximum Gasteiger partial charge on any atom is 0.262 e. The van der Waals surface area contributed by atoms with Gasteiger partial charge in [0.25, 0.3) is 5.56 Å². The van der Waals surface area contributed by atoms with Gasteiger partial charge in [0.1, 0.15) is 5.76 Å². The third-order valence-corrected chi connectivity index (χ3v) is 7.37. The molecule has 0 spiro atoms. The molecule has 3 heterocycles. The second kappa shape index (κ2) is 9.05. The molecule has 0 atom stereocenters. The highest BCUT2D eigenvalue weighted by Gasteiger charge is 2.23. The van der Waals surface area contributed by atoms with Crippen LogP contribution in [0.5, 0.6) is 0 Å². The Hall–Kier alpha value is -2.68. The fourth-order valence-electron chi connectivity index (χ4n) is 3.61. The zero-order valence-corrected chi connectivity index (χ0v) is 19.3. The number of carbonyl (C=O) groups is 1. The predicted molar refractivity (Wildman–Crippen MR) is 129 cm³/mol. The Balaban J connectivity index is 1.47. The number of fused-ring (bicyclic) bond motifs is 2. The van der Waals surface area contributed by atoms with E-state index in [2.05, 4.69) is 4.98 Å². The molecule has 4 aromatic rings. The van der Waals surface area contributed by atoms with Crippen molar-refractivity contribution in [1.29, 1.82) is 0 Å². The number of anilines is 1. The summed E-state index contributed by atoms with van der Waals surface area (Å²) in [5.74, 6) is 1.63. The van der Waals surface area contributed by atoms with E-state index in [0.717, 1.165) is 16.3 Å². The van der Waals surface area contributed by atoms with Crippen molar-refractivity contribution in [3.8, 4) is 0 Å². The van der Waals surface area contributed by atoms with Crippen LogP contribution in [0.2, 0.25) is 5.02 Å². The number of aromatic nitrogens is 2. The van der Waals surface area contributed by atoms with Crippen LogP contribution in [-0.4, -0.2) is 33.5 Å². The average molecular weight is 484 g/mol. The molecule has 1 aliphatic rings. The number of benzene rings is 2. The number of hydrogen-bond donors (Lipinski definition) is 0. The summed E-state index contributed by atoms with van der Waals surface area (Å²) in [6.07, 6.45) is 1.57. The van der Waals surface area contributed by atoms with E-state index in [1.807, 2.05) is 29.2 Å². The highest BCUT2D eigenvalue weighted by Crippen LogP contribution is 2.35. The smallest absolute Gasteiger partial charge is 0.262 e. The summed E-state index contributed by atoms with van der Waals surface area (Å²) < 4.78 is 6.99. The molecular weight excluding hydrogens is 466 g/mol. The van der Waals surface area contributed by atoms with Crippen LogP contribution in [0.1, 0.15) is 5.76 Å². The largest absolute Gasteiger partial charge is 0.467 e. The molecular formula is C23H18ClN3O3S2. The Bertz CT molecular complexity index is 1350. The lowest BCUT2D eigenvalue weighted by Gasteiger charge is -2.28. The maximum atomic E-state index is 13.2. The minimum absolute atomic E-state index is 0.0206. The molecule has 0 unspecified atom stereocenters. The maximum absolute atomic E-state index is 13.2. The van der Waals surface area contributed by atoms with Crippen molar-refractivity contribution >= 4 is 57.6 Å². The fraction of sp³-hybridized carbons (Fsp3) is 0.174. The van der Waals surface area contributed by atoms with E-state index in [1.165, 1.54) is 11.8 Å². The molecule has 2 aromatic heterocycles. The molecule has 2 aromatic carbocycles. The van der Waals surface area contributed by atoms with E-state index >= 15 is 0 Å². The lowest BCUT2D eigenvalue weighted by atomic mass is 10.2. The molecule has 1 aliphatic heterocycles. The molecule has 0 saturated heterocycles. The first-order chi connectivity index (χ1) is 15.6. The van der Waals surface area contributed by atoms with Crippen molar-refractivity contribution in [2.75, 3.05) is 23.0 Å². The van der Waals surface area contributed by atoms with Gasteiger partial charge in [0.05, 0.1) is 35.2 Å². The van der Waals surface area contributed by atoms with Crippen LogP contribution in [-0.2, 0) is 11.3 Å². The molecule has 0 fully saturated rings. The first-order valence-electron chi connectivity index (χ1n) is 9.97. The number of rotatable bonds is 5. The first kappa shape index (κ1) is 21.2. The average Bonchev–Trinajstić information content (AvgIpc) is 3.32. The summed E-state index contributed by atoms with van der Waals surface area (Å²) in [7, 11) is 0. The normalized spacial score (nSPS) is 13.3. The Morgan fingerprint density at radius 3 is 2.91 bits per heavy atom. The number of carbonyl (C=O) groups excluding carboxylic acids is 1. The zero-order valence-electron chi connectivity index (χ0n) is 16.9. The van der Waals surface area contributed by atoms with Gasteiger partial charge in [0, 0.05) is 22.2 Å².